The van der Waals surface area contributed by atoms with E-state index in [1.165, 1.54) is 13.0 Å². The molecule has 1 rings (SSSR count). The van der Waals surface area contributed by atoms with Crippen LogP contribution in [0.25, 0.3) is 0 Å². The fourth-order valence-corrected chi connectivity index (χ4v) is 1.67. The molecule has 0 saturated carbocycles. The number of alkyl halides is 1. The van der Waals surface area contributed by atoms with E-state index >= 15 is 0 Å². The number of hydrogen-bond acceptors (Lipinski definition) is 3. The molecule has 0 bridgehead atoms. The second kappa shape index (κ2) is 7.24. The minimum atomic E-state index is -0.577. The summed E-state index contributed by atoms with van der Waals surface area (Å²) in [5.74, 6) is 0.308. The summed E-state index contributed by atoms with van der Waals surface area (Å²) in [5.41, 5.74) is 0.888. The minimum Gasteiger partial charge on any atom is -0.449 e. The number of nitrogens with one attached hydrogen (secondary N) is 1. The van der Waals surface area contributed by atoms with Gasteiger partial charge in [-0.25, -0.2) is 4.79 Å². The minimum absolute atomic E-state index is 0.128. The molecule has 0 aliphatic rings. The lowest BCUT2D eigenvalue weighted by molar-refractivity contribution is 0.101. The van der Waals surface area contributed by atoms with E-state index in [-0.39, 0.29) is 12.4 Å². The van der Waals surface area contributed by atoms with Crippen molar-refractivity contribution in [2.75, 3.05) is 17.8 Å². The van der Waals surface area contributed by atoms with Gasteiger partial charge in [0.05, 0.1) is 11.6 Å². The molecule has 1 N–H and O–H groups in total. The van der Waals surface area contributed by atoms with Crippen molar-refractivity contribution in [2.24, 2.45) is 0 Å². The van der Waals surface area contributed by atoms with Crippen LogP contribution in [0.2, 0.25) is 5.02 Å². The number of rotatable bonds is 5. The number of halogens is 2. The number of carbonyl (C=O) groups is 2. The summed E-state index contributed by atoms with van der Waals surface area (Å²) in [5, 5.41) is 2.80. The second-order valence-corrected chi connectivity index (χ2v) is 4.34. The number of anilines is 1. The van der Waals surface area contributed by atoms with Crippen LogP contribution >= 0.6 is 23.2 Å². The van der Waals surface area contributed by atoms with Crippen LogP contribution in [0.3, 0.4) is 0 Å². The van der Waals surface area contributed by atoms with Gasteiger partial charge in [-0.1, -0.05) is 11.6 Å². The Kier molecular flexibility index (Phi) is 5.95. The van der Waals surface area contributed by atoms with Gasteiger partial charge < -0.3 is 4.74 Å². The van der Waals surface area contributed by atoms with Crippen molar-refractivity contribution in [3.63, 3.8) is 0 Å². The number of ketones is 1. The van der Waals surface area contributed by atoms with Crippen molar-refractivity contribution in [3.8, 4) is 0 Å². The number of benzene rings is 1. The third kappa shape index (κ3) is 4.55. The number of carbonyl (C=O) groups excluding carboxylic acids is 2. The van der Waals surface area contributed by atoms with Gasteiger partial charge in [0.25, 0.3) is 0 Å². The Morgan fingerprint density at radius 3 is 2.67 bits per heavy atom. The Balaban J connectivity index is 2.60. The molecule has 6 heteroatoms. The molecule has 0 unspecified atom stereocenters. The number of amides is 1. The van der Waals surface area contributed by atoms with Crippen LogP contribution in [0.1, 0.15) is 23.7 Å². The van der Waals surface area contributed by atoms with Crippen molar-refractivity contribution in [2.45, 2.75) is 13.3 Å². The van der Waals surface area contributed by atoms with Gasteiger partial charge in [0.2, 0.25) is 0 Å². The Morgan fingerprint density at radius 1 is 1.39 bits per heavy atom. The third-order valence-electron chi connectivity index (χ3n) is 2.11. The molecule has 0 radical (unpaired) electrons. The molecule has 1 amide bonds. The second-order valence-electron chi connectivity index (χ2n) is 3.55. The topological polar surface area (TPSA) is 55.4 Å². The predicted molar refractivity (Wildman–Crippen MR) is 71.8 cm³/mol. The van der Waals surface area contributed by atoms with Gasteiger partial charge in [-0.3, -0.25) is 10.1 Å². The van der Waals surface area contributed by atoms with E-state index in [4.69, 9.17) is 27.9 Å². The molecule has 0 atom stereocenters. The molecular weight excluding hydrogens is 277 g/mol. The van der Waals surface area contributed by atoms with Crippen molar-refractivity contribution >= 4 is 40.8 Å². The first kappa shape index (κ1) is 14.8. The van der Waals surface area contributed by atoms with Crippen LogP contribution in [0, 0.1) is 0 Å². The van der Waals surface area contributed by atoms with Crippen molar-refractivity contribution in [3.05, 3.63) is 28.8 Å². The lowest BCUT2D eigenvalue weighted by atomic mass is 10.1. The molecule has 0 saturated heterocycles. The van der Waals surface area contributed by atoms with Crippen molar-refractivity contribution < 1.29 is 14.3 Å². The van der Waals surface area contributed by atoms with E-state index < -0.39 is 6.09 Å². The fraction of sp³-hybridized carbons (Fsp3) is 0.333. The molecule has 1 aromatic carbocycles. The SMILES string of the molecule is CC(=O)c1ccc(NC(=O)OCCCCl)cc1Cl. The van der Waals surface area contributed by atoms with E-state index in [1.807, 2.05) is 0 Å². The summed E-state index contributed by atoms with van der Waals surface area (Å²) in [6.45, 7) is 1.68. The molecule has 4 nitrogen and oxygen atoms in total. The Morgan fingerprint density at radius 2 is 2.11 bits per heavy atom. The number of hydrogen-bond donors (Lipinski definition) is 1. The summed E-state index contributed by atoms with van der Waals surface area (Å²) in [6.07, 6.45) is 0.0192. The maximum atomic E-state index is 11.3. The standard InChI is InChI=1S/C12H13Cl2NO3/c1-8(16)10-4-3-9(7-11(10)14)15-12(17)18-6-2-5-13/h3-4,7H,2,5-6H2,1H3,(H,15,17). The molecule has 0 aliphatic heterocycles. The average molecular weight is 290 g/mol. The van der Waals surface area contributed by atoms with Gasteiger partial charge in [-0.2, -0.15) is 0 Å². The van der Waals surface area contributed by atoms with E-state index in [9.17, 15) is 9.59 Å². The highest BCUT2D eigenvalue weighted by Crippen LogP contribution is 2.21. The summed E-state index contributed by atoms with van der Waals surface area (Å²) < 4.78 is 4.86. The summed E-state index contributed by atoms with van der Waals surface area (Å²) >= 11 is 11.4. The Hall–Kier alpha value is -1.26. The van der Waals surface area contributed by atoms with Gasteiger partial charge in [-0.05, 0) is 31.5 Å². The zero-order valence-electron chi connectivity index (χ0n) is 9.83. The largest absolute Gasteiger partial charge is 0.449 e. The van der Waals surface area contributed by atoms with Crippen LogP contribution in [-0.4, -0.2) is 24.4 Å². The van der Waals surface area contributed by atoms with Crippen molar-refractivity contribution in [1.29, 1.82) is 0 Å². The lowest BCUT2D eigenvalue weighted by Gasteiger charge is -2.07. The first-order chi connectivity index (χ1) is 8.54. The summed E-state index contributed by atoms with van der Waals surface area (Å²) in [6, 6.07) is 4.64. The molecule has 0 fully saturated rings. The molecule has 1 aromatic rings. The lowest BCUT2D eigenvalue weighted by Crippen LogP contribution is -2.14. The molecular formula is C12H13Cl2NO3. The summed E-state index contributed by atoms with van der Waals surface area (Å²) in [4.78, 5) is 22.5. The smallest absolute Gasteiger partial charge is 0.411 e. The van der Waals surface area contributed by atoms with Crippen LogP contribution in [0.15, 0.2) is 18.2 Å². The van der Waals surface area contributed by atoms with Crippen LogP contribution < -0.4 is 5.32 Å². The van der Waals surface area contributed by atoms with E-state index in [0.29, 0.717) is 28.6 Å². The van der Waals surface area contributed by atoms with Gasteiger partial charge in [0.15, 0.2) is 5.78 Å². The Labute approximate surface area is 115 Å². The molecule has 0 spiro atoms. The fourth-order valence-electron chi connectivity index (χ4n) is 1.25. The number of ether oxygens (including phenoxy) is 1. The Bertz CT molecular complexity index is 449. The molecule has 18 heavy (non-hydrogen) atoms. The van der Waals surface area contributed by atoms with E-state index in [2.05, 4.69) is 5.32 Å². The summed E-state index contributed by atoms with van der Waals surface area (Å²) in [7, 11) is 0. The zero-order chi connectivity index (χ0) is 13.5. The third-order valence-corrected chi connectivity index (χ3v) is 2.69. The monoisotopic (exact) mass is 289 g/mol. The van der Waals surface area contributed by atoms with Gasteiger partial charge >= 0.3 is 6.09 Å². The van der Waals surface area contributed by atoms with Gasteiger partial charge in [0.1, 0.15) is 0 Å². The first-order valence-corrected chi connectivity index (χ1v) is 6.26. The normalized spacial score (nSPS) is 9.94. The maximum absolute atomic E-state index is 11.3. The molecule has 98 valence electrons. The molecule has 0 aliphatic carbocycles. The van der Waals surface area contributed by atoms with Crippen LogP contribution in [0.5, 0.6) is 0 Å². The quantitative estimate of drug-likeness (QED) is 0.511. The van der Waals surface area contributed by atoms with Gasteiger partial charge in [0, 0.05) is 17.1 Å². The molecule has 0 aromatic heterocycles. The number of Topliss-reactive ketones (excluding diaryl/α,β-unsaturated/α-hetero) is 1. The first-order valence-electron chi connectivity index (χ1n) is 5.35. The highest BCUT2D eigenvalue weighted by atomic mass is 35.5. The van der Waals surface area contributed by atoms with E-state index in [1.54, 1.807) is 12.1 Å². The van der Waals surface area contributed by atoms with Crippen molar-refractivity contribution in [1.82, 2.24) is 0 Å². The van der Waals surface area contributed by atoms with Crippen LogP contribution in [0.4, 0.5) is 10.5 Å². The highest BCUT2D eigenvalue weighted by molar-refractivity contribution is 6.34. The van der Waals surface area contributed by atoms with E-state index in [0.717, 1.165) is 0 Å². The van der Waals surface area contributed by atoms with Crippen LogP contribution in [-0.2, 0) is 4.74 Å². The average Bonchev–Trinajstić information content (AvgIpc) is 2.28. The highest BCUT2D eigenvalue weighted by Gasteiger charge is 2.08. The molecule has 0 heterocycles. The zero-order valence-corrected chi connectivity index (χ0v) is 11.3. The van der Waals surface area contributed by atoms with Gasteiger partial charge in [-0.15, -0.1) is 11.6 Å². The predicted octanol–water partition coefficient (Wildman–Crippen LogP) is 3.72. The maximum Gasteiger partial charge on any atom is 0.411 e.